The van der Waals surface area contributed by atoms with Crippen LogP contribution in [0.25, 0.3) is 0 Å². The van der Waals surface area contributed by atoms with Crippen molar-refractivity contribution in [2.75, 3.05) is 44.2 Å². The molecular weight excluding hydrogens is 461 g/mol. The van der Waals surface area contributed by atoms with Gasteiger partial charge in [-0.15, -0.1) is 12.4 Å². The first-order valence-corrected chi connectivity index (χ1v) is 9.40. The molecular formula is C19H21BrClF3N2O2. The van der Waals surface area contributed by atoms with Gasteiger partial charge < -0.3 is 14.7 Å². The molecule has 1 atom stereocenters. The summed E-state index contributed by atoms with van der Waals surface area (Å²) in [6.45, 7) is 3.07. The van der Waals surface area contributed by atoms with E-state index in [2.05, 4.69) is 25.7 Å². The predicted molar refractivity (Wildman–Crippen MR) is 108 cm³/mol. The number of ether oxygens (including phenoxy) is 1. The van der Waals surface area contributed by atoms with Crippen LogP contribution in [0, 0.1) is 17.5 Å². The largest absolute Gasteiger partial charge is 0.485 e. The Kier molecular flexibility index (Phi) is 8.42. The molecule has 0 bridgehead atoms. The second kappa shape index (κ2) is 10.3. The molecule has 154 valence electrons. The number of nitrogens with zero attached hydrogens (tertiary/aromatic N) is 2. The van der Waals surface area contributed by atoms with Gasteiger partial charge >= 0.3 is 0 Å². The van der Waals surface area contributed by atoms with Crippen molar-refractivity contribution in [2.45, 2.75) is 6.10 Å². The molecule has 0 radical (unpaired) electrons. The lowest BCUT2D eigenvalue weighted by Crippen LogP contribution is -2.49. The first-order valence-electron chi connectivity index (χ1n) is 8.60. The van der Waals surface area contributed by atoms with Gasteiger partial charge in [0.15, 0.2) is 17.4 Å². The molecule has 1 fully saturated rings. The Bertz CT molecular complexity index is 751. The third kappa shape index (κ3) is 6.01. The summed E-state index contributed by atoms with van der Waals surface area (Å²) in [6, 6.07) is 8.58. The molecule has 1 N–H and O–H groups in total. The minimum Gasteiger partial charge on any atom is -0.485 e. The predicted octanol–water partition coefficient (Wildman–Crippen LogP) is 3.85. The number of anilines is 1. The monoisotopic (exact) mass is 480 g/mol. The smallest absolute Gasteiger partial charge is 0.190 e. The normalized spacial score (nSPS) is 15.8. The van der Waals surface area contributed by atoms with Crippen LogP contribution in [0.15, 0.2) is 40.9 Å². The van der Waals surface area contributed by atoms with Gasteiger partial charge in [-0.1, -0.05) is 15.9 Å². The van der Waals surface area contributed by atoms with Crippen LogP contribution in [0.2, 0.25) is 0 Å². The zero-order valence-corrected chi connectivity index (χ0v) is 17.4. The summed E-state index contributed by atoms with van der Waals surface area (Å²) in [6.07, 6.45) is -0.871. The van der Waals surface area contributed by atoms with Crippen molar-refractivity contribution in [1.29, 1.82) is 0 Å². The maximum atomic E-state index is 13.7. The fourth-order valence-corrected chi connectivity index (χ4v) is 3.44. The van der Waals surface area contributed by atoms with Crippen LogP contribution < -0.4 is 9.64 Å². The maximum Gasteiger partial charge on any atom is 0.190 e. The number of aliphatic hydroxyl groups excluding tert-OH is 1. The second-order valence-corrected chi connectivity index (χ2v) is 7.34. The third-order valence-corrected chi connectivity index (χ3v) is 4.87. The highest BCUT2D eigenvalue weighted by Crippen LogP contribution is 2.26. The number of benzene rings is 2. The van der Waals surface area contributed by atoms with E-state index in [9.17, 15) is 18.3 Å². The fraction of sp³-hybridized carbons (Fsp3) is 0.368. The molecule has 1 saturated heterocycles. The molecule has 0 aromatic heterocycles. The van der Waals surface area contributed by atoms with Gasteiger partial charge in [0.2, 0.25) is 0 Å². The summed E-state index contributed by atoms with van der Waals surface area (Å²) in [4.78, 5) is 4.20. The molecule has 1 aliphatic rings. The van der Waals surface area contributed by atoms with Gasteiger partial charge in [0.1, 0.15) is 18.5 Å². The maximum absolute atomic E-state index is 13.7. The van der Waals surface area contributed by atoms with Gasteiger partial charge in [0, 0.05) is 42.9 Å². The van der Waals surface area contributed by atoms with Crippen molar-refractivity contribution >= 4 is 34.0 Å². The highest BCUT2D eigenvalue weighted by molar-refractivity contribution is 9.10. The van der Waals surface area contributed by atoms with E-state index in [1.165, 1.54) is 12.1 Å². The molecule has 2 aromatic carbocycles. The molecule has 1 aliphatic heterocycles. The van der Waals surface area contributed by atoms with E-state index in [0.717, 1.165) is 44.0 Å². The molecule has 9 heteroatoms. The lowest BCUT2D eigenvalue weighted by Gasteiger charge is -2.36. The molecule has 0 spiro atoms. The number of hydrogen-bond acceptors (Lipinski definition) is 4. The number of aliphatic hydroxyl groups is 1. The number of rotatable bonds is 6. The Morgan fingerprint density at radius 3 is 2.14 bits per heavy atom. The summed E-state index contributed by atoms with van der Waals surface area (Å²) in [5.41, 5.74) is 0.959. The number of hydrogen-bond donors (Lipinski definition) is 1. The van der Waals surface area contributed by atoms with Crippen LogP contribution in [0.3, 0.4) is 0 Å². The van der Waals surface area contributed by atoms with E-state index in [1.807, 2.05) is 0 Å². The average molecular weight is 482 g/mol. The van der Waals surface area contributed by atoms with Crippen molar-refractivity contribution < 1.29 is 23.0 Å². The van der Waals surface area contributed by atoms with E-state index in [1.54, 1.807) is 12.1 Å². The Balaban J connectivity index is 0.00000280. The van der Waals surface area contributed by atoms with Crippen molar-refractivity contribution in [3.63, 3.8) is 0 Å². The van der Waals surface area contributed by atoms with Gasteiger partial charge in [-0.3, -0.25) is 4.90 Å². The van der Waals surface area contributed by atoms with E-state index in [4.69, 9.17) is 4.74 Å². The summed E-state index contributed by atoms with van der Waals surface area (Å²) in [5, 5.41) is 10.1. The van der Waals surface area contributed by atoms with E-state index in [0.29, 0.717) is 6.54 Å². The number of halogens is 5. The lowest BCUT2D eigenvalue weighted by atomic mass is 10.2. The minimum absolute atomic E-state index is 0. The zero-order valence-electron chi connectivity index (χ0n) is 15.0. The molecule has 1 unspecified atom stereocenters. The van der Waals surface area contributed by atoms with E-state index >= 15 is 0 Å². The first-order chi connectivity index (χ1) is 12.9. The van der Waals surface area contributed by atoms with Crippen molar-refractivity contribution in [1.82, 2.24) is 4.90 Å². The average Bonchev–Trinajstić information content (AvgIpc) is 2.62. The SMILES string of the molecule is Cl.OC(COc1c(F)cc(Br)cc1F)CN1CCN(c2ccc(F)cc2)CC1. The topological polar surface area (TPSA) is 35.9 Å². The minimum atomic E-state index is -0.871. The van der Waals surface area contributed by atoms with Crippen LogP contribution in [-0.4, -0.2) is 55.4 Å². The molecule has 1 heterocycles. The van der Waals surface area contributed by atoms with Crippen LogP contribution in [0.4, 0.5) is 18.9 Å². The summed E-state index contributed by atoms with van der Waals surface area (Å²) >= 11 is 3.00. The molecule has 28 heavy (non-hydrogen) atoms. The molecule has 0 aliphatic carbocycles. The van der Waals surface area contributed by atoms with E-state index in [-0.39, 0.29) is 29.3 Å². The van der Waals surface area contributed by atoms with E-state index < -0.39 is 23.5 Å². The fourth-order valence-electron chi connectivity index (χ4n) is 3.04. The first kappa shape index (κ1) is 22.8. The zero-order chi connectivity index (χ0) is 19.4. The van der Waals surface area contributed by atoms with Gasteiger partial charge in [-0.25, -0.2) is 13.2 Å². The standard InChI is InChI=1S/C19H20BrF3N2O2.ClH/c20-13-9-17(22)19(18(23)10-13)27-12-16(26)11-24-5-7-25(8-6-24)15-3-1-14(21)2-4-15;/h1-4,9-10,16,26H,5-8,11-12H2;1H. The highest BCUT2D eigenvalue weighted by Gasteiger charge is 2.21. The van der Waals surface area contributed by atoms with Crippen LogP contribution in [0.5, 0.6) is 5.75 Å². The quantitative estimate of drug-likeness (QED) is 0.680. The molecule has 0 amide bonds. The molecule has 4 nitrogen and oxygen atoms in total. The molecule has 0 saturated carbocycles. The van der Waals surface area contributed by atoms with Crippen LogP contribution in [-0.2, 0) is 0 Å². The van der Waals surface area contributed by atoms with Crippen LogP contribution >= 0.6 is 28.3 Å². The summed E-state index contributed by atoms with van der Waals surface area (Å²) < 4.78 is 45.9. The van der Waals surface area contributed by atoms with Crippen molar-refractivity contribution in [2.24, 2.45) is 0 Å². The van der Waals surface area contributed by atoms with Gasteiger partial charge in [0.25, 0.3) is 0 Å². The Hall–Kier alpha value is -1.48. The summed E-state index contributed by atoms with van der Waals surface area (Å²) in [7, 11) is 0. The Morgan fingerprint density at radius 2 is 1.57 bits per heavy atom. The van der Waals surface area contributed by atoms with Gasteiger partial charge in [0.05, 0.1) is 0 Å². The highest BCUT2D eigenvalue weighted by atomic mass is 79.9. The van der Waals surface area contributed by atoms with Crippen LogP contribution in [0.1, 0.15) is 0 Å². The van der Waals surface area contributed by atoms with Crippen molar-refractivity contribution in [3.8, 4) is 5.75 Å². The lowest BCUT2D eigenvalue weighted by molar-refractivity contribution is 0.0634. The third-order valence-electron chi connectivity index (χ3n) is 4.42. The molecule has 2 aromatic rings. The molecule has 3 rings (SSSR count). The Labute approximate surface area is 176 Å². The summed E-state index contributed by atoms with van der Waals surface area (Å²) in [5.74, 6) is -2.39. The second-order valence-electron chi connectivity index (χ2n) is 6.43. The van der Waals surface area contributed by atoms with Crippen molar-refractivity contribution in [3.05, 3.63) is 58.3 Å². The van der Waals surface area contributed by atoms with Gasteiger partial charge in [-0.05, 0) is 36.4 Å². The number of piperazine rings is 1. The Morgan fingerprint density at radius 1 is 1.00 bits per heavy atom. The van der Waals surface area contributed by atoms with Gasteiger partial charge in [-0.2, -0.15) is 0 Å². The number of β-amino-alcohol motifs (C(OH)–C–C–N with tert-alkyl or cyclic N) is 1.